The molecule has 92 heavy (non-hydrogen) atoms. The third-order valence-corrected chi connectivity index (χ3v) is 20.3. The van der Waals surface area contributed by atoms with Crippen molar-refractivity contribution in [3.63, 3.8) is 0 Å². The van der Waals surface area contributed by atoms with Crippen LogP contribution >= 0.6 is 0 Å². The second-order valence-corrected chi connectivity index (χ2v) is 29.8. The van der Waals surface area contributed by atoms with Gasteiger partial charge in [-0.15, -0.1) is 0 Å². The molecule has 0 radical (unpaired) electrons. The zero-order chi connectivity index (χ0) is 68.1. The van der Waals surface area contributed by atoms with Gasteiger partial charge in [-0.1, -0.05) is 159 Å². The molecular formula is C78H129NO13. The first-order chi connectivity index (χ1) is 43.6. The molecule has 0 spiro atoms. The van der Waals surface area contributed by atoms with Crippen molar-refractivity contribution in [3.05, 3.63) is 44.5 Å². The molecule has 0 amide bonds. The van der Waals surface area contributed by atoms with Gasteiger partial charge in [-0.2, -0.15) is 0 Å². The van der Waals surface area contributed by atoms with Gasteiger partial charge in [-0.25, -0.2) is 4.79 Å². The summed E-state index contributed by atoms with van der Waals surface area (Å²) in [5, 5.41) is 0. The molecule has 2 aliphatic heterocycles. The van der Waals surface area contributed by atoms with Crippen LogP contribution in [0.4, 0.5) is 4.79 Å². The zero-order valence-electron chi connectivity index (χ0n) is 61.3. The average Bonchev–Trinajstić information content (AvgIpc) is 0.781. The highest BCUT2D eigenvalue weighted by molar-refractivity contribution is 5.81. The number of rotatable bonds is 44. The van der Waals surface area contributed by atoms with E-state index in [2.05, 4.69) is 88.0 Å². The van der Waals surface area contributed by atoms with Gasteiger partial charge in [0.25, 0.3) is 0 Å². The lowest BCUT2D eigenvalue weighted by atomic mass is 9.83. The highest BCUT2D eigenvalue weighted by Gasteiger charge is 2.37. The summed E-state index contributed by atoms with van der Waals surface area (Å²) in [5.41, 5.74) is 6.81. The number of carbonyl (C=O) groups excluding carboxylic acids is 5. The van der Waals surface area contributed by atoms with E-state index in [9.17, 15) is 24.0 Å². The van der Waals surface area contributed by atoms with Gasteiger partial charge in [0.1, 0.15) is 54.0 Å². The number of hydrogen-bond donors (Lipinski definition) is 0. The smallest absolute Gasteiger partial charge is 0.487 e. The van der Waals surface area contributed by atoms with Crippen LogP contribution in [0.1, 0.15) is 288 Å². The van der Waals surface area contributed by atoms with E-state index in [1.165, 1.54) is 89.9 Å². The lowest BCUT2D eigenvalue weighted by Crippen LogP contribution is -2.37. The van der Waals surface area contributed by atoms with Gasteiger partial charge < -0.3 is 42.8 Å². The van der Waals surface area contributed by atoms with Crippen molar-refractivity contribution in [2.24, 2.45) is 41.4 Å². The van der Waals surface area contributed by atoms with Crippen LogP contribution in [0.15, 0.2) is 0 Å². The Bertz CT molecular complexity index is 2450. The van der Waals surface area contributed by atoms with Crippen LogP contribution in [0.5, 0.6) is 23.0 Å². The molecule has 2 aromatic carbocycles. The second kappa shape index (κ2) is 40.5. The van der Waals surface area contributed by atoms with E-state index >= 15 is 0 Å². The number of benzene rings is 2. The predicted octanol–water partition coefficient (Wildman–Crippen LogP) is 19.2. The van der Waals surface area contributed by atoms with Crippen molar-refractivity contribution in [2.75, 3.05) is 46.1 Å². The standard InChI is InChI=1S/C78H129NO13/c1-19-79(20-2)48-27-49-85-76(84)88-52-65(50-86-68(80)38-40-70(82)89-72-59(11)61(13)74-66(63(72)15)42-46-77(17,91-74)44-25-36-57(9)34-23-32-55(7)30-21-28-53(3)4)51-87-69(81)39-41-71(83)90-73-60(12)62(14)75-67(64(73)16)43-47-78(18,92-75)45-26-37-58(10)35-24-33-56(8)31-22-29-54(5)6/h53-58,65H,19-52H2,1-18H3/t55-,56-,57-,58-,77-,78-/m1/s1. The van der Waals surface area contributed by atoms with Gasteiger partial charge >= 0.3 is 30.0 Å². The SMILES string of the molecule is CCN(CC)CCCOC(=O)OCC(COC(=O)CCC(=O)Oc1c(C)c(C)c2c(c1C)CC[C@@](C)(CCC[C@H](C)CCC[C@H](C)CCCC(C)C)O2)COC(=O)CCC(=O)Oc1c(C)c(C)c2c(c1C)CC[C@@](C)(CCC[C@H](C)CCC[C@H](C)CCCC(C)C)O2. The average molecular weight is 1290 g/mol. The first-order valence-corrected chi connectivity index (χ1v) is 36.4. The normalized spacial score (nSPS) is 17.5. The third kappa shape index (κ3) is 27.8. The minimum atomic E-state index is -0.900. The summed E-state index contributed by atoms with van der Waals surface area (Å²) in [6.07, 6.45) is 24.4. The maximum Gasteiger partial charge on any atom is 0.508 e. The van der Waals surface area contributed by atoms with Gasteiger partial charge in [0.05, 0.1) is 38.2 Å². The topological polar surface area (TPSA) is 162 Å². The van der Waals surface area contributed by atoms with E-state index in [-0.39, 0.29) is 63.3 Å². The van der Waals surface area contributed by atoms with Gasteiger partial charge in [0, 0.05) is 17.7 Å². The molecule has 0 fully saturated rings. The van der Waals surface area contributed by atoms with Crippen LogP contribution in [0.25, 0.3) is 0 Å². The van der Waals surface area contributed by atoms with Crippen molar-refractivity contribution in [2.45, 2.75) is 309 Å². The quantitative estimate of drug-likeness (QED) is 0.0266. The lowest BCUT2D eigenvalue weighted by Gasteiger charge is -2.38. The van der Waals surface area contributed by atoms with Crippen LogP contribution in [0, 0.1) is 83.0 Å². The number of ether oxygens (including phenoxy) is 8. The summed E-state index contributed by atoms with van der Waals surface area (Å²) in [6.45, 7) is 41.1. The molecule has 0 bridgehead atoms. The van der Waals surface area contributed by atoms with E-state index in [0.29, 0.717) is 29.8 Å². The number of esters is 4. The molecule has 0 saturated heterocycles. The van der Waals surface area contributed by atoms with Crippen molar-refractivity contribution in [1.29, 1.82) is 0 Å². The van der Waals surface area contributed by atoms with Crippen LogP contribution in [-0.2, 0) is 51.0 Å². The molecule has 524 valence electrons. The van der Waals surface area contributed by atoms with Crippen molar-refractivity contribution >= 4 is 30.0 Å². The fraction of sp³-hybridized carbons (Fsp3) is 0.782. The number of carbonyl (C=O) groups is 5. The summed E-state index contributed by atoms with van der Waals surface area (Å²) in [5.74, 6) is 4.02. The van der Waals surface area contributed by atoms with Gasteiger partial charge in [0.15, 0.2) is 0 Å². The van der Waals surface area contributed by atoms with Crippen LogP contribution in [-0.4, -0.2) is 92.2 Å². The largest absolute Gasteiger partial charge is 0.508 e. The Morgan fingerprint density at radius 3 is 1.15 bits per heavy atom. The molecule has 14 nitrogen and oxygen atoms in total. The molecular weight excluding hydrogens is 1160 g/mol. The fourth-order valence-corrected chi connectivity index (χ4v) is 13.5. The van der Waals surface area contributed by atoms with Crippen molar-refractivity contribution < 1.29 is 61.9 Å². The lowest BCUT2D eigenvalue weighted by molar-refractivity contribution is -0.152. The highest BCUT2D eigenvalue weighted by atomic mass is 16.7. The second-order valence-electron chi connectivity index (χ2n) is 29.8. The molecule has 0 N–H and O–H groups in total. The predicted molar refractivity (Wildman–Crippen MR) is 370 cm³/mol. The molecule has 14 heteroatoms. The molecule has 4 rings (SSSR count). The monoisotopic (exact) mass is 1290 g/mol. The van der Waals surface area contributed by atoms with Crippen LogP contribution < -0.4 is 18.9 Å². The molecule has 2 heterocycles. The van der Waals surface area contributed by atoms with Crippen LogP contribution in [0.2, 0.25) is 0 Å². The first kappa shape index (κ1) is 79.6. The van der Waals surface area contributed by atoms with Crippen LogP contribution in [0.3, 0.4) is 0 Å². The third-order valence-electron chi connectivity index (χ3n) is 20.3. The van der Waals surface area contributed by atoms with E-state index in [1.54, 1.807) is 0 Å². The van der Waals surface area contributed by atoms with Crippen molar-refractivity contribution in [1.82, 2.24) is 4.90 Å². The Labute approximate surface area is 558 Å². The Balaban J connectivity index is 1.26. The van der Waals surface area contributed by atoms with Gasteiger partial charge in [-0.3, -0.25) is 19.2 Å². The fourth-order valence-electron chi connectivity index (χ4n) is 13.5. The van der Waals surface area contributed by atoms with Crippen molar-refractivity contribution in [3.8, 4) is 23.0 Å². The Morgan fingerprint density at radius 1 is 0.435 bits per heavy atom. The summed E-state index contributed by atoms with van der Waals surface area (Å²) >= 11 is 0. The minimum absolute atomic E-state index is 0.154. The van der Waals surface area contributed by atoms with E-state index in [0.717, 1.165) is 151 Å². The Morgan fingerprint density at radius 2 is 0.783 bits per heavy atom. The molecule has 0 aromatic heterocycles. The molecule has 2 aliphatic rings. The summed E-state index contributed by atoms with van der Waals surface area (Å²) in [6, 6.07) is 0. The number of fused-ring (bicyclic) bond motifs is 2. The summed E-state index contributed by atoms with van der Waals surface area (Å²) in [7, 11) is 0. The highest BCUT2D eigenvalue weighted by Crippen LogP contribution is 2.47. The van der Waals surface area contributed by atoms with Gasteiger partial charge in [0.2, 0.25) is 0 Å². The summed E-state index contributed by atoms with van der Waals surface area (Å²) in [4.78, 5) is 68.2. The van der Waals surface area contributed by atoms with Gasteiger partial charge in [-0.05, 0) is 195 Å². The van der Waals surface area contributed by atoms with E-state index < -0.39 is 36.0 Å². The first-order valence-electron chi connectivity index (χ1n) is 36.4. The molecule has 0 aliphatic carbocycles. The number of nitrogens with zero attached hydrogens (tertiary/aromatic N) is 1. The molecule has 6 atom stereocenters. The molecule has 0 unspecified atom stereocenters. The van der Waals surface area contributed by atoms with E-state index in [4.69, 9.17) is 37.9 Å². The Hall–Kier alpha value is -4.85. The maximum absolute atomic E-state index is 13.4. The number of hydrogen-bond acceptors (Lipinski definition) is 14. The van der Waals surface area contributed by atoms with E-state index in [1.807, 2.05) is 41.5 Å². The minimum Gasteiger partial charge on any atom is -0.487 e. The zero-order valence-corrected chi connectivity index (χ0v) is 61.3. The molecule has 2 aromatic rings. The summed E-state index contributed by atoms with van der Waals surface area (Å²) < 4.78 is 47.6. The molecule has 0 saturated carbocycles. The Kier molecular flexibility index (Phi) is 35.1. The maximum atomic E-state index is 13.4.